The maximum Gasteiger partial charge on any atom is 0.251 e. The van der Waals surface area contributed by atoms with Crippen molar-refractivity contribution in [3.8, 4) is 0 Å². The summed E-state index contributed by atoms with van der Waals surface area (Å²) in [6.45, 7) is 1.67. The Morgan fingerprint density at radius 1 is 1.23 bits per heavy atom. The third-order valence-corrected chi connectivity index (χ3v) is 5.28. The third-order valence-electron chi connectivity index (χ3n) is 5.02. The summed E-state index contributed by atoms with van der Waals surface area (Å²) >= 11 is 5.89. The summed E-state index contributed by atoms with van der Waals surface area (Å²) in [5.41, 5.74) is 4.58. The number of aryl methyl sites for hydroxylation is 1. The second-order valence-electron chi connectivity index (χ2n) is 7.11. The SMILES string of the molecule is CN1CCCc2cc(C(CNC(=O)c3ccc(Cl)cc3)N(C)C)ccc21. The molecule has 1 aliphatic rings. The van der Waals surface area contributed by atoms with Crippen LogP contribution < -0.4 is 10.2 Å². The van der Waals surface area contributed by atoms with Crippen molar-refractivity contribution in [2.45, 2.75) is 18.9 Å². The largest absolute Gasteiger partial charge is 0.374 e. The second-order valence-corrected chi connectivity index (χ2v) is 7.55. The number of hydrogen-bond donors (Lipinski definition) is 1. The molecule has 0 aromatic heterocycles. The van der Waals surface area contributed by atoms with E-state index in [2.05, 4.69) is 40.4 Å². The lowest BCUT2D eigenvalue weighted by Gasteiger charge is -2.30. The summed E-state index contributed by atoms with van der Waals surface area (Å²) in [6, 6.07) is 13.8. The molecular weight excluding hydrogens is 346 g/mol. The van der Waals surface area contributed by atoms with E-state index in [4.69, 9.17) is 11.6 Å². The average molecular weight is 372 g/mol. The smallest absolute Gasteiger partial charge is 0.251 e. The summed E-state index contributed by atoms with van der Waals surface area (Å²) in [4.78, 5) is 16.9. The van der Waals surface area contributed by atoms with E-state index in [0.29, 0.717) is 17.1 Å². The van der Waals surface area contributed by atoms with Crippen LogP contribution in [0.5, 0.6) is 0 Å². The molecule has 1 heterocycles. The predicted molar refractivity (Wildman–Crippen MR) is 108 cm³/mol. The number of carbonyl (C=O) groups excluding carboxylic acids is 1. The molecule has 0 saturated carbocycles. The Morgan fingerprint density at radius 2 is 1.96 bits per heavy atom. The third kappa shape index (κ3) is 4.19. The van der Waals surface area contributed by atoms with E-state index in [-0.39, 0.29) is 11.9 Å². The van der Waals surface area contributed by atoms with Gasteiger partial charge in [-0.05, 0) is 68.4 Å². The van der Waals surface area contributed by atoms with E-state index in [9.17, 15) is 4.79 Å². The van der Waals surface area contributed by atoms with E-state index in [1.165, 1.54) is 23.2 Å². The average Bonchev–Trinajstić information content (AvgIpc) is 2.62. The van der Waals surface area contributed by atoms with Crippen LogP contribution in [0.25, 0.3) is 0 Å². The van der Waals surface area contributed by atoms with Gasteiger partial charge in [0.1, 0.15) is 0 Å². The first kappa shape index (κ1) is 18.7. The molecule has 0 radical (unpaired) electrons. The van der Waals surface area contributed by atoms with Crippen LogP contribution in [0.4, 0.5) is 5.69 Å². The lowest BCUT2D eigenvalue weighted by Crippen LogP contribution is -2.34. The summed E-state index contributed by atoms with van der Waals surface area (Å²) in [5, 5.41) is 3.68. The number of rotatable bonds is 5. The van der Waals surface area contributed by atoms with Crippen molar-refractivity contribution in [3.63, 3.8) is 0 Å². The van der Waals surface area contributed by atoms with Gasteiger partial charge in [-0.3, -0.25) is 4.79 Å². The number of halogens is 1. The fourth-order valence-corrected chi connectivity index (χ4v) is 3.63. The van der Waals surface area contributed by atoms with Gasteiger partial charge in [-0.2, -0.15) is 0 Å². The van der Waals surface area contributed by atoms with Crippen LogP contribution in [0, 0.1) is 0 Å². The molecule has 2 aromatic rings. The number of carbonyl (C=O) groups is 1. The van der Waals surface area contributed by atoms with Crippen LogP contribution in [0.3, 0.4) is 0 Å². The van der Waals surface area contributed by atoms with Gasteiger partial charge in [-0.15, -0.1) is 0 Å². The van der Waals surface area contributed by atoms with Gasteiger partial charge in [0.15, 0.2) is 0 Å². The maximum absolute atomic E-state index is 12.4. The van der Waals surface area contributed by atoms with E-state index in [1.807, 2.05) is 14.1 Å². The highest BCUT2D eigenvalue weighted by Gasteiger charge is 2.20. The number of hydrogen-bond acceptors (Lipinski definition) is 3. The maximum atomic E-state index is 12.4. The number of nitrogens with one attached hydrogen (secondary N) is 1. The van der Waals surface area contributed by atoms with Gasteiger partial charge in [0.05, 0.1) is 6.04 Å². The molecule has 1 amide bonds. The first-order valence-corrected chi connectivity index (χ1v) is 9.37. The molecule has 5 heteroatoms. The van der Waals surface area contributed by atoms with Gasteiger partial charge in [0.2, 0.25) is 0 Å². The molecule has 1 aliphatic heterocycles. The zero-order chi connectivity index (χ0) is 18.7. The number of anilines is 1. The molecule has 3 rings (SSSR count). The van der Waals surface area contributed by atoms with Gasteiger partial charge in [0, 0.05) is 36.4 Å². The van der Waals surface area contributed by atoms with Gasteiger partial charge >= 0.3 is 0 Å². The predicted octanol–water partition coefficient (Wildman–Crippen LogP) is 3.76. The van der Waals surface area contributed by atoms with E-state index in [1.54, 1.807) is 24.3 Å². The Labute approximate surface area is 160 Å². The minimum Gasteiger partial charge on any atom is -0.374 e. The zero-order valence-corrected chi connectivity index (χ0v) is 16.4. The first-order chi connectivity index (χ1) is 12.5. The van der Waals surface area contributed by atoms with Crippen LogP contribution in [0.1, 0.15) is 33.9 Å². The van der Waals surface area contributed by atoms with E-state index >= 15 is 0 Å². The second kappa shape index (κ2) is 8.11. The monoisotopic (exact) mass is 371 g/mol. The van der Waals surface area contributed by atoms with E-state index in [0.717, 1.165) is 13.0 Å². The van der Waals surface area contributed by atoms with Crippen LogP contribution in [-0.4, -0.2) is 45.0 Å². The highest BCUT2D eigenvalue weighted by atomic mass is 35.5. The van der Waals surface area contributed by atoms with Crippen molar-refractivity contribution in [3.05, 3.63) is 64.2 Å². The molecule has 0 fully saturated rings. The Hall–Kier alpha value is -2.04. The van der Waals surface area contributed by atoms with Crippen LogP contribution in [-0.2, 0) is 6.42 Å². The van der Waals surface area contributed by atoms with Crippen molar-refractivity contribution in [1.29, 1.82) is 0 Å². The Morgan fingerprint density at radius 3 is 2.65 bits per heavy atom. The molecular formula is C21H26ClN3O. The van der Waals surface area contributed by atoms with Gasteiger partial charge in [-0.25, -0.2) is 0 Å². The van der Waals surface area contributed by atoms with Crippen molar-refractivity contribution < 1.29 is 4.79 Å². The van der Waals surface area contributed by atoms with Gasteiger partial charge < -0.3 is 15.1 Å². The molecule has 0 bridgehead atoms. The first-order valence-electron chi connectivity index (χ1n) is 9.00. The lowest BCUT2D eigenvalue weighted by atomic mass is 9.96. The molecule has 1 unspecified atom stereocenters. The molecule has 1 N–H and O–H groups in total. The molecule has 138 valence electrons. The lowest BCUT2D eigenvalue weighted by molar-refractivity contribution is 0.0942. The Balaban J connectivity index is 1.73. The molecule has 0 saturated heterocycles. The quantitative estimate of drug-likeness (QED) is 0.869. The number of amides is 1. The van der Waals surface area contributed by atoms with Crippen molar-refractivity contribution in [1.82, 2.24) is 10.2 Å². The summed E-state index contributed by atoms with van der Waals surface area (Å²) in [5.74, 6) is -0.0776. The van der Waals surface area contributed by atoms with Crippen molar-refractivity contribution >= 4 is 23.2 Å². The highest BCUT2D eigenvalue weighted by Crippen LogP contribution is 2.29. The molecule has 0 aliphatic carbocycles. The fraction of sp³-hybridized carbons (Fsp3) is 0.381. The van der Waals surface area contributed by atoms with Gasteiger partial charge in [0.25, 0.3) is 5.91 Å². The van der Waals surface area contributed by atoms with Crippen molar-refractivity contribution in [2.24, 2.45) is 0 Å². The molecule has 0 spiro atoms. The van der Waals surface area contributed by atoms with Crippen LogP contribution in [0.2, 0.25) is 5.02 Å². The minimum absolute atomic E-state index is 0.0776. The summed E-state index contributed by atoms with van der Waals surface area (Å²) in [6.07, 6.45) is 2.30. The molecule has 4 nitrogen and oxygen atoms in total. The highest BCUT2D eigenvalue weighted by molar-refractivity contribution is 6.30. The topological polar surface area (TPSA) is 35.6 Å². The zero-order valence-electron chi connectivity index (χ0n) is 15.6. The number of fused-ring (bicyclic) bond motifs is 1. The normalized spacial score (nSPS) is 14.9. The Bertz CT molecular complexity index is 773. The molecule has 26 heavy (non-hydrogen) atoms. The number of nitrogens with zero attached hydrogens (tertiary/aromatic N) is 2. The molecule has 1 atom stereocenters. The number of likely N-dealkylation sites (N-methyl/N-ethyl adjacent to an activating group) is 1. The van der Waals surface area contributed by atoms with Gasteiger partial charge in [-0.1, -0.05) is 23.7 Å². The van der Waals surface area contributed by atoms with E-state index < -0.39 is 0 Å². The fourth-order valence-electron chi connectivity index (χ4n) is 3.50. The van der Waals surface area contributed by atoms with Crippen LogP contribution in [0.15, 0.2) is 42.5 Å². The van der Waals surface area contributed by atoms with Crippen molar-refractivity contribution in [2.75, 3.05) is 39.1 Å². The summed E-state index contributed by atoms with van der Waals surface area (Å²) < 4.78 is 0. The van der Waals surface area contributed by atoms with Crippen LogP contribution >= 0.6 is 11.6 Å². The number of benzene rings is 2. The standard InChI is InChI=1S/C21H26ClN3O/c1-24(2)20(14-23-21(26)15-6-9-18(22)10-7-15)17-8-11-19-16(13-17)5-4-12-25(19)3/h6-11,13,20H,4-5,12,14H2,1-3H3,(H,23,26). The molecule has 2 aromatic carbocycles. The minimum atomic E-state index is -0.0776. The summed E-state index contributed by atoms with van der Waals surface area (Å²) in [7, 11) is 6.24. The Kier molecular flexibility index (Phi) is 5.84.